The molecule has 0 aromatic carbocycles. The number of aromatic nitrogens is 3. The fourth-order valence-electron chi connectivity index (χ4n) is 1.21. The van der Waals surface area contributed by atoms with Crippen LogP contribution in [-0.4, -0.2) is 21.1 Å². The molecule has 0 unspecified atom stereocenters. The maximum Gasteiger partial charge on any atom is 0.212 e. The lowest BCUT2D eigenvalue weighted by atomic mass is 10.1. The van der Waals surface area contributed by atoms with Crippen LogP contribution in [-0.2, 0) is 0 Å². The second-order valence-corrected chi connectivity index (χ2v) is 5.01. The normalized spacial score (nSPS) is 11.0. The summed E-state index contributed by atoms with van der Waals surface area (Å²) in [5.74, 6) is 0.412. The van der Waals surface area contributed by atoms with Gasteiger partial charge in [0.1, 0.15) is 4.88 Å². The van der Waals surface area contributed by atoms with Crippen LogP contribution in [0, 0.1) is 0 Å². The summed E-state index contributed by atoms with van der Waals surface area (Å²) in [5.41, 5.74) is 1.12. The number of aldehydes is 1. The van der Waals surface area contributed by atoms with Crippen LogP contribution in [0.1, 0.15) is 35.0 Å². The van der Waals surface area contributed by atoms with Crippen molar-refractivity contribution >= 4 is 29.2 Å². The molecule has 0 bridgehead atoms. The lowest BCUT2D eigenvalue weighted by Gasteiger charge is -1.97. The molecule has 0 saturated carbocycles. The second kappa shape index (κ2) is 4.35. The molecule has 6 heteroatoms. The first-order chi connectivity index (χ1) is 7.61. The molecule has 0 N–H and O–H groups in total. The molecule has 16 heavy (non-hydrogen) atoms. The lowest BCUT2D eigenvalue weighted by Crippen LogP contribution is -1.92. The zero-order valence-corrected chi connectivity index (χ0v) is 10.4. The first kappa shape index (κ1) is 11.3. The van der Waals surface area contributed by atoms with Crippen LogP contribution in [0.25, 0.3) is 5.13 Å². The summed E-state index contributed by atoms with van der Waals surface area (Å²) in [4.78, 5) is 15.1. The van der Waals surface area contributed by atoms with Crippen molar-refractivity contribution in [3.8, 4) is 5.13 Å². The maximum atomic E-state index is 10.6. The summed E-state index contributed by atoms with van der Waals surface area (Å²) < 4.78 is 1.64. The molecule has 0 saturated heterocycles. The Bertz CT molecular complexity index is 518. The molecule has 0 spiro atoms. The highest BCUT2D eigenvalue weighted by atomic mass is 35.5. The molecule has 0 aliphatic carbocycles. The van der Waals surface area contributed by atoms with Gasteiger partial charge in [-0.3, -0.25) is 4.79 Å². The number of carbonyl (C=O) groups is 1. The molecule has 0 atom stereocenters. The molecule has 0 amide bonds. The van der Waals surface area contributed by atoms with E-state index in [1.165, 1.54) is 11.3 Å². The quantitative estimate of drug-likeness (QED) is 0.793. The van der Waals surface area contributed by atoms with E-state index < -0.39 is 0 Å². The van der Waals surface area contributed by atoms with E-state index in [2.05, 4.69) is 23.9 Å². The molecule has 0 radical (unpaired) electrons. The van der Waals surface area contributed by atoms with Crippen molar-refractivity contribution in [1.82, 2.24) is 14.8 Å². The van der Waals surface area contributed by atoms with Gasteiger partial charge in [0.2, 0.25) is 5.13 Å². The Morgan fingerprint density at radius 3 is 2.81 bits per heavy atom. The highest BCUT2D eigenvalue weighted by Gasteiger charge is 2.11. The van der Waals surface area contributed by atoms with Gasteiger partial charge in [0.05, 0.1) is 6.20 Å². The van der Waals surface area contributed by atoms with E-state index in [0.29, 0.717) is 22.2 Å². The van der Waals surface area contributed by atoms with Crippen molar-refractivity contribution in [2.24, 2.45) is 0 Å². The van der Waals surface area contributed by atoms with Crippen LogP contribution < -0.4 is 0 Å². The van der Waals surface area contributed by atoms with Gasteiger partial charge in [-0.15, -0.1) is 0 Å². The van der Waals surface area contributed by atoms with E-state index in [4.69, 9.17) is 11.6 Å². The van der Waals surface area contributed by atoms with Crippen LogP contribution in [0.5, 0.6) is 0 Å². The molecular formula is C10H10ClN3OS. The first-order valence-electron chi connectivity index (χ1n) is 4.78. The number of hydrogen-bond donors (Lipinski definition) is 0. The highest BCUT2D eigenvalue weighted by molar-refractivity contribution is 7.16. The third-order valence-corrected chi connectivity index (χ3v) is 3.54. The number of rotatable bonds is 3. The van der Waals surface area contributed by atoms with Crippen molar-refractivity contribution in [1.29, 1.82) is 0 Å². The molecule has 0 aliphatic rings. The predicted octanol–water partition coefficient (Wildman–Crippen LogP) is 2.92. The molecular weight excluding hydrogens is 246 g/mol. The molecule has 4 nitrogen and oxygen atoms in total. The SMILES string of the molecule is CC(C)c1cnn(-c2nc(Cl)c(C=O)s2)c1. The lowest BCUT2D eigenvalue weighted by molar-refractivity contribution is 0.112. The zero-order valence-electron chi connectivity index (χ0n) is 8.85. The summed E-state index contributed by atoms with van der Waals surface area (Å²) in [5, 5.41) is 5.03. The monoisotopic (exact) mass is 255 g/mol. The van der Waals surface area contributed by atoms with Crippen molar-refractivity contribution in [2.45, 2.75) is 19.8 Å². The molecule has 84 valence electrons. The summed E-state index contributed by atoms with van der Waals surface area (Å²) in [7, 11) is 0. The van der Waals surface area contributed by atoms with Crippen molar-refractivity contribution in [2.75, 3.05) is 0 Å². The Kier molecular flexibility index (Phi) is 3.07. The third-order valence-electron chi connectivity index (χ3n) is 2.17. The Balaban J connectivity index is 2.38. The molecule has 2 rings (SSSR count). The second-order valence-electron chi connectivity index (χ2n) is 3.64. The van der Waals surface area contributed by atoms with Crippen molar-refractivity contribution < 1.29 is 4.79 Å². The third kappa shape index (κ3) is 2.01. The summed E-state index contributed by atoms with van der Waals surface area (Å²) in [6.45, 7) is 4.18. The van der Waals surface area contributed by atoms with E-state index in [0.717, 1.165) is 5.56 Å². The smallest absolute Gasteiger partial charge is 0.212 e. The molecule has 0 aliphatic heterocycles. The van der Waals surface area contributed by atoms with Gasteiger partial charge in [-0.25, -0.2) is 9.67 Å². The topological polar surface area (TPSA) is 47.8 Å². The van der Waals surface area contributed by atoms with E-state index in [1.54, 1.807) is 10.9 Å². The predicted molar refractivity (Wildman–Crippen MR) is 63.7 cm³/mol. The average molecular weight is 256 g/mol. The minimum atomic E-state index is 0.233. The highest BCUT2D eigenvalue weighted by Crippen LogP contribution is 2.24. The fourth-order valence-corrected chi connectivity index (χ4v) is 2.21. The Morgan fingerprint density at radius 2 is 2.31 bits per heavy atom. The summed E-state index contributed by atoms with van der Waals surface area (Å²) in [6, 6.07) is 0. The van der Waals surface area contributed by atoms with Crippen LogP contribution in [0.15, 0.2) is 12.4 Å². The number of carbonyl (C=O) groups excluding carboxylic acids is 1. The van der Waals surface area contributed by atoms with Gasteiger partial charge in [-0.2, -0.15) is 5.10 Å². The van der Waals surface area contributed by atoms with E-state index >= 15 is 0 Å². The van der Waals surface area contributed by atoms with Gasteiger partial charge in [-0.05, 0) is 11.5 Å². The van der Waals surface area contributed by atoms with E-state index in [9.17, 15) is 4.79 Å². The van der Waals surface area contributed by atoms with Gasteiger partial charge in [-0.1, -0.05) is 36.8 Å². The van der Waals surface area contributed by atoms with Gasteiger partial charge in [0, 0.05) is 6.20 Å². The Hall–Kier alpha value is -1.20. The minimum absolute atomic E-state index is 0.233. The number of halogens is 1. The largest absolute Gasteiger partial charge is 0.297 e. The number of nitrogens with zero attached hydrogens (tertiary/aromatic N) is 3. The summed E-state index contributed by atoms with van der Waals surface area (Å²) in [6.07, 6.45) is 4.39. The Morgan fingerprint density at radius 1 is 1.56 bits per heavy atom. The minimum Gasteiger partial charge on any atom is -0.297 e. The van der Waals surface area contributed by atoms with E-state index in [1.807, 2.05) is 6.20 Å². The van der Waals surface area contributed by atoms with Gasteiger partial charge in [0.15, 0.2) is 11.4 Å². The van der Waals surface area contributed by atoms with Gasteiger partial charge >= 0.3 is 0 Å². The first-order valence-corrected chi connectivity index (χ1v) is 5.97. The number of hydrogen-bond acceptors (Lipinski definition) is 4. The van der Waals surface area contributed by atoms with Crippen LogP contribution >= 0.6 is 22.9 Å². The molecule has 2 aromatic heterocycles. The van der Waals surface area contributed by atoms with Crippen molar-refractivity contribution in [3.05, 3.63) is 28.0 Å². The number of thiazole rings is 1. The maximum absolute atomic E-state index is 10.6. The van der Waals surface area contributed by atoms with Crippen LogP contribution in [0.4, 0.5) is 0 Å². The van der Waals surface area contributed by atoms with Gasteiger partial charge < -0.3 is 0 Å². The average Bonchev–Trinajstić information content (AvgIpc) is 2.83. The van der Waals surface area contributed by atoms with Gasteiger partial charge in [0.25, 0.3) is 0 Å². The fraction of sp³-hybridized carbons (Fsp3) is 0.300. The zero-order chi connectivity index (χ0) is 11.7. The molecule has 2 aromatic rings. The van der Waals surface area contributed by atoms with E-state index in [-0.39, 0.29) is 5.15 Å². The standard InChI is InChI=1S/C10H10ClN3OS/c1-6(2)7-3-12-14(4-7)10-13-9(11)8(5-15)16-10/h3-6H,1-2H3. The Labute approximate surface area is 102 Å². The van der Waals surface area contributed by atoms with Crippen molar-refractivity contribution in [3.63, 3.8) is 0 Å². The molecule has 2 heterocycles. The van der Waals surface area contributed by atoms with Crippen LogP contribution in [0.2, 0.25) is 5.15 Å². The van der Waals surface area contributed by atoms with Crippen LogP contribution in [0.3, 0.4) is 0 Å². The molecule has 0 fully saturated rings. The summed E-state index contributed by atoms with van der Waals surface area (Å²) >= 11 is 7.02.